The molecule has 7 heteroatoms. The summed E-state index contributed by atoms with van der Waals surface area (Å²) in [5, 5.41) is 6.19. The Morgan fingerprint density at radius 3 is 2.14 bits per heavy atom. The number of thiophene rings is 1. The number of anilines is 2. The number of fused-ring (bicyclic) bond motifs is 1. The number of pyridine rings is 1. The number of carbonyl (C=O) groups is 1. The first-order chi connectivity index (χ1) is 18.1. The number of hydrogen-bond acceptors (Lipinski definition) is 6. The molecule has 0 radical (unpaired) electrons. The molecule has 3 aromatic heterocycles. The van der Waals surface area contributed by atoms with Crippen LogP contribution in [-0.4, -0.2) is 15.9 Å². The molecular weight excluding hydrogens is 496 g/mol. The average molecular weight is 519 g/mol. The van der Waals surface area contributed by atoms with Gasteiger partial charge in [-0.05, 0) is 24.1 Å². The zero-order chi connectivity index (χ0) is 25.4. The molecule has 3 N–H and O–H groups in total. The van der Waals surface area contributed by atoms with Gasteiger partial charge in [0.05, 0.1) is 17.1 Å². The summed E-state index contributed by atoms with van der Waals surface area (Å²) < 4.78 is 0. The number of hydrogen-bond donors (Lipinski definition) is 2. The number of nitrogen functional groups attached to an aromatic ring is 1. The molecule has 3 heterocycles. The number of aryl methyl sites for hydroxylation is 1. The topological polar surface area (TPSA) is 80.9 Å². The Labute approximate surface area is 222 Å². The summed E-state index contributed by atoms with van der Waals surface area (Å²) in [6.45, 7) is 2.06. The van der Waals surface area contributed by atoms with E-state index in [0.717, 1.165) is 43.9 Å². The number of benzene rings is 3. The van der Waals surface area contributed by atoms with Gasteiger partial charge in [0.25, 0.3) is 5.91 Å². The number of thiazole rings is 1. The quantitative estimate of drug-likeness (QED) is 0.243. The van der Waals surface area contributed by atoms with Gasteiger partial charge in [-0.25, -0.2) is 9.97 Å². The molecule has 3 aromatic carbocycles. The smallest absolute Gasteiger partial charge is 0.269 e. The zero-order valence-electron chi connectivity index (χ0n) is 19.9. The molecule has 0 atom stereocenters. The largest absolute Gasteiger partial charge is 0.397 e. The molecule has 5 nitrogen and oxygen atoms in total. The Morgan fingerprint density at radius 1 is 0.811 bits per heavy atom. The molecule has 180 valence electrons. The lowest BCUT2D eigenvalue weighted by Crippen LogP contribution is -2.11. The zero-order valence-corrected chi connectivity index (χ0v) is 21.6. The van der Waals surface area contributed by atoms with E-state index >= 15 is 0 Å². The maximum Gasteiger partial charge on any atom is 0.269 e. The van der Waals surface area contributed by atoms with Crippen molar-refractivity contribution in [1.29, 1.82) is 0 Å². The molecule has 0 saturated heterocycles. The van der Waals surface area contributed by atoms with Gasteiger partial charge in [0.2, 0.25) is 0 Å². The highest BCUT2D eigenvalue weighted by atomic mass is 32.1. The second-order valence-electron chi connectivity index (χ2n) is 8.67. The molecule has 0 saturated carbocycles. The van der Waals surface area contributed by atoms with Crippen molar-refractivity contribution in [2.45, 2.75) is 6.92 Å². The van der Waals surface area contributed by atoms with Crippen LogP contribution in [0.4, 0.5) is 10.8 Å². The van der Waals surface area contributed by atoms with E-state index in [-0.39, 0.29) is 5.91 Å². The molecule has 0 aliphatic rings. The predicted molar refractivity (Wildman–Crippen MR) is 155 cm³/mol. The van der Waals surface area contributed by atoms with Gasteiger partial charge in [-0.1, -0.05) is 90.5 Å². The van der Waals surface area contributed by atoms with Crippen molar-refractivity contribution in [3.63, 3.8) is 0 Å². The van der Waals surface area contributed by atoms with E-state index in [2.05, 4.69) is 47.6 Å². The molecule has 0 spiro atoms. The molecule has 0 fully saturated rings. The van der Waals surface area contributed by atoms with E-state index in [1.54, 1.807) is 0 Å². The molecule has 6 aromatic rings. The monoisotopic (exact) mass is 518 g/mol. The van der Waals surface area contributed by atoms with Crippen LogP contribution in [0.3, 0.4) is 0 Å². The fourth-order valence-electron chi connectivity index (χ4n) is 4.23. The normalized spacial score (nSPS) is 11.1. The SMILES string of the molecule is Cc1ccc(-c2cc(-c3ccccc3)nc3sc(C(=O)Nc4nc(-c5ccccc5)cs4)c(N)c23)cc1. The minimum Gasteiger partial charge on any atom is -0.397 e. The van der Waals surface area contributed by atoms with Crippen LogP contribution in [0, 0.1) is 6.92 Å². The Hall–Kier alpha value is -4.33. The lowest BCUT2D eigenvalue weighted by molar-refractivity contribution is 0.103. The number of aromatic nitrogens is 2. The van der Waals surface area contributed by atoms with Crippen LogP contribution in [0.15, 0.2) is 96.4 Å². The third kappa shape index (κ3) is 4.50. The summed E-state index contributed by atoms with van der Waals surface area (Å²) in [5.41, 5.74) is 13.9. The van der Waals surface area contributed by atoms with Gasteiger partial charge in [-0.2, -0.15) is 0 Å². The summed E-state index contributed by atoms with van der Waals surface area (Å²) in [6.07, 6.45) is 0. The number of nitrogens with zero attached hydrogens (tertiary/aromatic N) is 2. The number of amides is 1. The highest BCUT2D eigenvalue weighted by molar-refractivity contribution is 7.21. The third-order valence-corrected chi connectivity index (χ3v) is 7.99. The van der Waals surface area contributed by atoms with Gasteiger partial charge in [-0.3, -0.25) is 10.1 Å². The van der Waals surface area contributed by atoms with Gasteiger partial charge < -0.3 is 5.73 Å². The minimum absolute atomic E-state index is 0.287. The molecule has 1 amide bonds. The van der Waals surface area contributed by atoms with Crippen molar-refractivity contribution in [2.24, 2.45) is 0 Å². The first-order valence-corrected chi connectivity index (χ1v) is 13.4. The molecular formula is C30H22N4OS2. The van der Waals surface area contributed by atoms with Crippen molar-refractivity contribution < 1.29 is 4.79 Å². The summed E-state index contributed by atoms with van der Waals surface area (Å²) in [5.74, 6) is -0.287. The second kappa shape index (κ2) is 9.61. The van der Waals surface area contributed by atoms with E-state index in [1.165, 1.54) is 28.2 Å². The van der Waals surface area contributed by atoms with E-state index in [9.17, 15) is 4.79 Å². The van der Waals surface area contributed by atoms with Gasteiger partial charge >= 0.3 is 0 Å². The molecule has 6 rings (SSSR count). The van der Waals surface area contributed by atoms with Crippen molar-refractivity contribution in [1.82, 2.24) is 9.97 Å². The number of nitrogens with two attached hydrogens (primary N) is 1. The van der Waals surface area contributed by atoms with Crippen LogP contribution in [0.2, 0.25) is 0 Å². The summed E-state index contributed by atoms with van der Waals surface area (Å²) in [6, 6.07) is 30.3. The Bertz CT molecular complexity index is 1720. The molecule has 0 bridgehead atoms. The predicted octanol–water partition coefficient (Wildman–Crippen LogP) is 7.90. The third-order valence-electron chi connectivity index (χ3n) is 6.13. The van der Waals surface area contributed by atoms with Crippen LogP contribution in [0.1, 0.15) is 15.2 Å². The number of nitrogens with one attached hydrogen (secondary N) is 1. The van der Waals surface area contributed by atoms with E-state index in [4.69, 9.17) is 10.7 Å². The van der Waals surface area contributed by atoms with Crippen molar-refractivity contribution in [3.8, 4) is 33.6 Å². The fraction of sp³-hybridized carbons (Fsp3) is 0.0333. The number of rotatable bonds is 5. The maximum atomic E-state index is 13.4. The van der Waals surface area contributed by atoms with Gasteiger partial charge in [0, 0.05) is 21.9 Å². The van der Waals surface area contributed by atoms with Crippen LogP contribution < -0.4 is 11.1 Å². The van der Waals surface area contributed by atoms with Gasteiger partial charge in [0.15, 0.2) is 5.13 Å². The molecule has 37 heavy (non-hydrogen) atoms. The van der Waals surface area contributed by atoms with Crippen molar-refractivity contribution >= 4 is 49.6 Å². The van der Waals surface area contributed by atoms with Crippen molar-refractivity contribution in [2.75, 3.05) is 11.1 Å². The van der Waals surface area contributed by atoms with Crippen LogP contribution >= 0.6 is 22.7 Å². The van der Waals surface area contributed by atoms with Crippen LogP contribution in [0.25, 0.3) is 43.9 Å². The number of carbonyl (C=O) groups excluding carboxylic acids is 1. The standard InChI is InChI=1S/C30H22N4OS2/c1-18-12-14-19(15-13-18)22-16-23(20-8-4-2-5-9-20)32-29-25(22)26(31)27(37-29)28(35)34-30-33-24(17-36-30)21-10-6-3-7-11-21/h2-17H,31H2,1H3,(H,33,34,35). The highest BCUT2D eigenvalue weighted by Gasteiger charge is 2.22. The van der Waals surface area contributed by atoms with Crippen LogP contribution in [0.5, 0.6) is 0 Å². The summed E-state index contributed by atoms with van der Waals surface area (Å²) >= 11 is 2.69. The first-order valence-electron chi connectivity index (χ1n) is 11.7. The molecule has 0 unspecified atom stereocenters. The Morgan fingerprint density at radius 2 is 1.46 bits per heavy atom. The van der Waals surface area contributed by atoms with Crippen molar-refractivity contribution in [3.05, 3.63) is 107 Å². The lowest BCUT2D eigenvalue weighted by atomic mass is 9.99. The van der Waals surface area contributed by atoms with E-state index in [1.807, 2.05) is 66.0 Å². The first kappa shape index (κ1) is 23.1. The Balaban J connectivity index is 1.42. The van der Waals surface area contributed by atoms with E-state index in [0.29, 0.717) is 15.7 Å². The fourth-order valence-corrected chi connectivity index (χ4v) is 5.96. The second-order valence-corrected chi connectivity index (χ2v) is 10.5. The summed E-state index contributed by atoms with van der Waals surface area (Å²) in [4.78, 5) is 24.0. The Kier molecular flexibility index (Phi) is 6.00. The minimum atomic E-state index is -0.287. The molecule has 0 aliphatic heterocycles. The molecule has 0 aliphatic carbocycles. The van der Waals surface area contributed by atoms with E-state index < -0.39 is 0 Å². The lowest BCUT2D eigenvalue weighted by Gasteiger charge is -2.09. The van der Waals surface area contributed by atoms with Crippen LogP contribution in [-0.2, 0) is 0 Å². The van der Waals surface area contributed by atoms with Gasteiger partial charge in [-0.15, -0.1) is 22.7 Å². The maximum absolute atomic E-state index is 13.4. The average Bonchev–Trinajstić information content (AvgIpc) is 3.54. The van der Waals surface area contributed by atoms with Gasteiger partial charge in [0.1, 0.15) is 9.71 Å². The summed E-state index contributed by atoms with van der Waals surface area (Å²) in [7, 11) is 0. The highest BCUT2D eigenvalue weighted by Crippen LogP contribution is 2.41.